The maximum atomic E-state index is 9.86. The molecule has 0 radical (unpaired) electrons. The van der Waals surface area contributed by atoms with Crippen LogP contribution < -0.4 is 0 Å². The summed E-state index contributed by atoms with van der Waals surface area (Å²) in [5.74, 6) is 0.729. The van der Waals surface area contributed by atoms with Crippen LogP contribution >= 0.6 is 47.8 Å². The molecule has 0 aliphatic heterocycles. The van der Waals surface area contributed by atoms with Gasteiger partial charge >= 0.3 is 0 Å². The molecule has 0 saturated carbocycles. The Labute approximate surface area is 129 Å². The maximum absolute atomic E-state index is 9.86. The molecule has 3 nitrogen and oxygen atoms in total. The topological polar surface area (TPSA) is 45.5 Å². The highest BCUT2D eigenvalue weighted by molar-refractivity contribution is 9.11. The fourth-order valence-corrected chi connectivity index (χ4v) is 2.76. The van der Waals surface area contributed by atoms with Crippen LogP contribution in [0.15, 0.2) is 48.9 Å². The lowest BCUT2D eigenvalue weighted by molar-refractivity contribution is 0.471. The van der Waals surface area contributed by atoms with Crippen LogP contribution in [-0.2, 0) is 0 Å². The number of phenolic OH excluding ortho intramolecular Hbond substituents is 1. The van der Waals surface area contributed by atoms with E-state index in [0.717, 1.165) is 8.95 Å². The second kappa shape index (κ2) is 5.95. The van der Waals surface area contributed by atoms with Gasteiger partial charge in [-0.3, -0.25) is 0 Å². The van der Waals surface area contributed by atoms with Crippen molar-refractivity contribution in [1.29, 1.82) is 0 Å². The lowest BCUT2D eigenvalue weighted by atomic mass is 10.2. The van der Waals surface area contributed by atoms with Crippen LogP contribution in [0.5, 0.6) is 5.75 Å². The van der Waals surface area contributed by atoms with Crippen molar-refractivity contribution in [2.75, 3.05) is 0 Å². The summed E-state index contributed by atoms with van der Waals surface area (Å²) in [7, 11) is 0. The lowest BCUT2D eigenvalue weighted by Crippen LogP contribution is -1.85. The largest absolute Gasteiger partial charge is 0.506 e. The first kappa shape index (κ1) is 13.7. The molecule has 0 amide bonds. The molecule has 0 fully saturated rings. The highest BCUT2D eigenvalue weighted by atomic mass is 79.9. The van der Waals surface area contributed by atoms with Crippen molar-refractivity contribution in [3.05, 3.63) is 49.4 Å². The van der Waals surface area contributed by atoms with E-state index < -0.39 is 0 Å². The molecular weight excluding hydrogens is 428 g/mol. The van der Waals surface area contributed by atoms with Crippen molar-refractivity contribution < 1.29 is 5.11 Å². The van der Waals surface area contributed by atoms with Gasteiger partial charge in [-0.1, -0.05) is 15.9 Å². The third kappa shape index (κ3) is 3.40. The predicted molar refractivity (Wildman–Crippen MR) is 82.7 cm³/mol. The normalized spacial score (nSPS) is 11.1. The Morgan fingerprint density at radius 1 is 1.11 bits per heavy atom. The Kier molecular flexibility index (Phi) is 4.53. The van der Waals surface area contributed by atoms with Crippen molar-refractivity contribution in [1.82, 2.24) is 4.98 Å². The lowest BCUT2D eigenvalue weighted by Gasteiger charge is -2.02. The van der Waals surface area contributed by atoms with E-state index in [1.54, 1.807) is 30.6 Å². The van der Waals surface area contributed by atoms with E-state index in [9.17, 15) is 5.11 Å². The molecule has 0 atom stereocenters. The quantitative estimate of drug-likeness (QED) is 0.688. The van der Waals surface area contributed by atoms with Gasteiger partial charge in [-0.25, -0.2) is 9.98 Å². The monoisotopic (exact) mass is 432 g/mol. The smallest absolute Gasteiger partial charge is 0.151 e. The van der Waals surface area contributed by atoms with Gasteiger partial charge in [0.1, 0.15) is 5.75 Å². The Bertz CT molecular complexity index is 597. The molecule has 0 unspecified atom stereocenters. The molecule has 1 aromatic heterocycles. The van der Waals surface area contributed by atoms with Gasteiger partial charge in [0.25, 0.3) is 0 Å². The van der Waals surface area contributed by atoms with Gasteiger partial charge in [0.05, 0.1) is 4.47 Å². The van der Waals surface area contributed by atoms with Crippen molar-refractivity contribution in [2.45, 2.75) is 0 Å². The molecule has 6 heteroatoms. The van der Waals surface area contributed by atoms with Crippen LogP contribution in [0, 0.1) is 0 Å². The van der Waals surface area contributed by atoms with Crippen molar-refractivity contribution in [3.8, 4) is 5.75 Å². The number of aliphatic imine (C=N–C) groups is 1. The SMILES string of the molecule is Oc1c(Br)cc(Br)cc1C=Nc1ccc(Br)cn1. The number of aromatic hydroxyl groups is 1. The molecule has 0 aliphatic rings. The molecule has 92 valence electrons. The van der Waals surface area contributed by atoms with Crippen LogP contribution in [0.2, 0.25) is 0 Å². The van der Waals surface area contributed by atoms with Gasteiger partial charge in [-0.05, 0) is 56.1 Å². The third-order valence-corrected chi connectivity index (χ3v) is 3.64. The highest BCUT2D eigenvalue weighted by Gasteiger charge is 2.05. The molecule has 1 aromatic carbocycles. The Morgan fingerprint density at radius 3 is 2.56 bits per heavy atom. The molecular formula is C12H7Br3N2O. The van der Waals surface area contributed by atoms with Crippen molar-refractivity contribution in [3.63, 3.8) is 0 Å². The number of rotatable bonds is 2. The number of aromatic nitrogens is 1. The summed E-state index contributed by atoms with van der Waals surface area (Å²) in [6.45, 7) is 0. The fourth-order valence-electron chi connectivity index (χ4n) is 1.26. The fraction of sp³-hybridized carbons (Fsp3) is 0. The van der Waals surface area contributed by atoms with Gasteiger partial charge < -0.3 is 5.11 Å². The standard InChI is InChI=1S/C12H7Br3N2O/c13-8-1-2-11(17-6-8)16-5-7-3-9(14)4-10(15)12(7)18/h1-6,18H. The van der Waals surface area contributed by atoms with Crippen LogP contribution in [0.3, 0.4) is 0 Å². The molecule has 1 heterocycles. The maximum Gasteiger partial charge on any atom is 0.151 e. The summed E-state index contributed by atoms with van der Waals surface area (Å²) in [5.41, 5.74) is 0.612. The highest BCUT2D eigenvalue weighted by Crippen LogP contribution is 2.30. The van der Waals surface area contributed by atoms with Crippen molar-refractivity contribution in [2.24, 2.45) is 4.99 Å². The molecule has 2 aromatic rings. The molecule has 18 heavy (non-hydrogen) atoms. The number of benzene rings is 1. The minimum Gasteiger partial charge on any atom is -0.506 e. The number of hydrogen-bond acceptors (Lipinski definition) is 3. The van der Waals surface area contributed by atoms with Crippen LogP contribution in [0.1, 0.15) is 5.56 Å². The number of hydrogen-bond donors (Lipinski definition) is 1. The van der Waals surface area contributed by atoms with Gasteiger partial charge in [0, 0.05) is 26.9 Å². The Balaban J connectivity index is 2.31. The van der Waals surface area contributed by atoms with E-state index >= 15 is 0 Å². The average Bonchev–Trinajstić information content (AvgIpc) is 2.34. The first-order valence-corrected chi connectivity index (χ1v) is 7.28. The molecule has 0 saturated heterocycles. The first-order chi connectivity index (χ1) is 8.56. The van der Waals surface area contributed by atoms with E-state index in [4.69, 9.17) is 0 Å². The molecule has 1 N–H and O–H groups in total. The number of nitrogens with zero attached hydrogens (tertiary/aromatic N) is 2. The molecule has 0 bridgehead atoms. The summed E-state index contributed by atoms with van der Waals surface area (Å²) in [4.78, 5) is 8.32. The first-order valence-electron chi connectivity index (χ1n) is 4.90. The van der Waals surface area contributed by atoms with Crippen LogP contribution in [0.4, 0.5) is 5.82 Å². The Hall–Kier alpha value is -0.720. The molecule has 0 spiro atoms. The summed E-state index contributed by atoms with van der Waals surface area (Å²) < 4.78 is 2.37. The Morgan fingerprint density at radius 2 is 1.89 bits per heavy atom. The van der Waals surface area contributed by atoms with Crippen molar-refractivity contribution >= 4 is 59.8 Å². The van der Waals surface area contributed by atoms with Gasteiger partial charge in [0.15, 0.2) is 5.82 Å². The van der Waals surface area contributed by atoms with E-state index in [1.165, 1.54) is 0 Å². The second-order valence-electron chi connectivity index (χ2n) is 3.42. The van der Waals surface area contributed by atoms with E-state index in [2.05, 4.69) is 57.8 Å². The summed E-state index contributed by atoms with van der Waals surface area (Å²) in [6.07, 6.45) is 3.24. The number of halogens is 3. The molecule has 2 rings (SSSR count). The second-order valence-corrected chi connectivity index (χ2v) is 6.10. The average molecular weight is 435 g/mol. The number of phenols is 1. The van der Waals surface area contributed by atoms with E-state index in [1.807, 2.05) is 6.07 Å². The zero-order valence-corrected chi connectivity index (χ0v) is 13.7. The third-order valence-electron chi connectivity index (χ3n) is 2.11. The van der Waals surface area contributed by atoms with E-state index in [-0.39, 0.29) is 5.75 Å². The minimum atomic E-state index is 0.152. The van der Waals surface area contributed by atoms with Crippen LogP contribution in [0.25, 0.3) is 0 Å². The van der Waals surface area contributed by atoms with Gasteiger partial charge in [0.2, 0.25) is 0 Å². The number of pyridine rings is 1. The van der Waals surface area contributed by atoms with Gasteiger partial charge in [-0.15, -0.1) is 0 Å². The van der Waals surface area contributed by atoms with Crippen LogP contribution in [-0.4, -0.2) is 16.3 Å². The van der Waals surface area contributed by atoms with E-state index in [0.29, 0.717) is 15.9 Å². The summed E-state index contributed by atoms with van der Waals surface area (Å²) in [5, 5.41) is 9.86. The molecule has 0 aliphatic carbocycles. The predicted octanol–water partition coefficient (Wildman–Crippen LogP) is 4.83. The summed E-state index contributed by atoms with van der Waals surface area (Å²) >= 11 is 9.93. The zero-order chi connectivity index (χ0) is 13.1. The minimum absolute atomic E-state index is 0.152. The zero-order valence-electron chi connectivity index (χ0n) is 8.94. The van der Waals surface area contributed by atoms with Gasteiger partial charge in [-0.2, -0.15) is 0 Å². The summed E-state index contributed by atoms with van der Waals surface area (Å²) in [6, 6.07) is 7.19.